The highest BCUT2D eigenvalue weighted by Gasteiger charge is 2.08. The third-order valence-electron chi connectivity index (χ3n) is 3.33. The van der Waals surface area contributed by atoms with Gasteiger partial charge in [0, 0.05) is 35.4 Å². The van der Waals surface area contributed by atoms with Crippen molar-refractivity contribution in [2.24, 2.45) is 5.73 Å². The zero-order chi connectivity index (χ0) is 15.4. The van der Waals surface area contributed by atoms with Gasteiger partial charge < -0.3 is 10.6 Å². The first-order chi connectivity index (χ1) is 9.95. The lowest BCUT2D eigenvalue weighted by Gasteiger charge is -2.21. The third kappa shape index (κ3) is 4.63. The quantitative estimate of drug-likeness (QED) is 0.876. The number of anilines is 1. The summed E-state index contributed by atoms with van der Waals surface area (Å²) in [4.78, 5) is 2.15. The average molecular weight is 323 g/mol. The minimum Gasteiger partial charge on any atom is -0.370 e. The molecule has 1 unspecified atom stereocenters. The van der Waals surface area contributed by atoms with Crippen LogP contribution in [-0.4, -0.2) is 13.1 Å². The molecule has 2 N–H and O–H groups in total. The molecule has 0 amide bonds. The van der Waals surface area contributed by atoms with E-state index in [1.165, 1.54) is 5.56 Å². The maximum atomic E-state index is 6.34. The fourth-order valence-corrected chi connectivity index (χ4v) is 2.75. The van der Waals surface area contributed by atoms with Crippen LogP contribution in [0.25, 0.3) is 0 Å². The lowest BCUT2D eigenvalue weighted by Crippen LogP contribution is -2.19. The molecule has 0 aliphatic rings. The molecule has 1 atom stereocenters. The van der Waals surface area contributed by atoms with Crippen LogP contribution in [0.3, 0.4) is 0 Å². The minimum atomic E-state index is 0.109. The van der Waals surface area contributed by atoms with E-state index in [2.05, 4.69) is 23.1 Å². The van der Waals surface area contributed by atoms with Crippen LogP contribution in [0.1, 0.15) is 18.1 Å². The summed E-state index contributed by atoms with van der Waals surface area (Å²) in [6, 6.07) is 14.1. The molecule has 0 saturated heterocycles. The minimum absolute atomic E-state index is 0.109. The van der Waals surface area contributed by atoms with E-state index in [1.807, 2.05) is 38.2 Å². The van der Waals surface area contributed by atoms with Gasteiger partial charge in [-0.15, -0.1) is 0 Å². The predicted octanol–water partition coefficient (Wildman–Crippen LogP) is 4.52. The van der Waals surface area contributed by atoms with E-state index in [-0.39, 0.29) is 6.04 Å². The van der Waals surface area contributed by atoms with E-state index in [1.54, 1.807) is 0 Å². The summed E-state index contributed by atoms with van der Waals surface area (Å²) >= 11 is 12.4. The number of nitrogens with two attached hydrogens (primary N) is 1. The molecule has 0 spiro atoms. The number of rotatable bonds is 5. The van der Waals surface area contributed by atoms with E-state index in [0.717, 1.165) is 34.3 Å². The second-order valence-electron chi connectivity index (χ2n) is 5.44. The van der Waals surface area contributed by atoms with Crippen LogP contribution < -0.4 is 10.6 Å². The molecule has 2 aromatic carbocycles. The van der Waals surface area contributed by atoms with Gasteiger partial charge in [-0.1, -0.05) is 41.4 Å². The summed E-state index contributed by atoms with van der Waals surface area (Å²) in [5, 5.41) is 1.52. The molecule has 0 saturated carbocycles. The van der Waals surface area contributed by atoms with Gasteiger partial charge in [-0.2, -0.15) is 0 Å². The molecule has 4 heteroatoms. The van der Waals surface area contributed by atoms with E-state index < -0.39 is 0 Å². The first kappa shape index (κ1) is 16.2. The molecule has 0 aromatic heterocycles. The monoisotopic (exact) mass is 322 g/mol. The lowest BCUT2D eigenvalue weighted by atomic mass is 10.1. The summed E-state index contributed by atoms with van der Waals surface area (Å²) in [6.07, 6.45) is 0.789. The highest BCUT2D eigenvalue weighted by molar-refractivity contribution is 6.31. The fraction of sp³-hybridized carbons (Fsp3) is 0.294. The predicted molar refractivity (Wildman–Crippen MR) is 92.4 cm³/mol. The van der Waals surface area contributed by atoms with Crippen LogP contribution in [0, 0.1) is 0 Å². The third-order valence-corrected chi connectivity index (χ3v) is 3.92. The van der Waals surface area contributed by atoms with Crippen LogP contribution in [0.15, 0.2) is 42.5 Å². The maximum absolute atomic E-state index is 6.34. The van der Waals surface area contributed by atoms with Crippen molar-refractivity contribution >= 4 is 28.9 Å². The van der Waals surface area contributed by atoms with Crippen molar-refractivity contribution in [2.75, 3.05) is 11.9 Å². The Morgan fingerprint density at radius 1 is 1.14 bits per heavy atom. The smallest absolute Gasteiger partial charge is 0.0459 e. The number of nitrogens with zero attached hydrogens (tertiary/aromatic N) is 1. The molecule has 21 heavy (non-hydrogen) atoms. The van der Waals surface area contributed by atoms with Gasteiger partial charge in [-0.3, -0.25) is 0 Å². The highest BCUT2D eigenvalue weighted by atomic mass is 35.5. The Hall–Kier alpha value is -1.22. The Bertz CT molecular complexity index is 611. The summed E-state index contributed by atoms with van der Waals surface area (Å²) in [7, 11) is 2.04. The van der Waals surface area contributed by atoms with E-state index in [0.29, 0.717) is 0 Å². The number of hydrogen-bond donors (Lipinski definition) is 1. The van der Waals surface area contributed by atoms with Gasteiger partial charge in [0.2, 0.25) is 0 Å². The van der Waals surface area contributed by atoms with Crippen molar-refractivity contribution in [2.45, 2.75) is 25.9 Å². The maximum Gasteiger partial charge on any atom is 0.0459 e. The van der Waals surface area contributed by atoms with Gasteiger partial charge >= 0.3 is 0 Å². The molecule has 0 bridgehead atoms. The molecule has 0 aliphatic carbocycles. The topological polar surface area (TPSA) is 29.3 Å². The molecule has 112 valence electrons. The molecular weight excluding hydrogens is 303 g/mol. The number of hydrogen-bond acceptors (Lipinski definition) is 2. The molecule has 2 aromatic rings. The summed E-state index contributed by atoms with van der Waals surface area (Å²) < 4.78 is 0. The van der Waals surface area contributed by atoms with Crippen LogP contribution in [-0.2, 0) is 13.0 Å². The van der Waals surface area contributed by atoms with Crippen LogP contribution >= 0.6 is 23.2 Å². The summed E-state index contributed by atoms with van der Waals surface area (Å²) in [5.41, 5.74) is 9.16. The largest absolute Gasteiger partial charge is 0.370 e. The Morgan fingerprint density at radius 2 is 1.90 bits per heavy atom. The Balaban J connectivity index is 2.12. The standard InChI is InChI=1S/C17H20Cl2N2/c1-12(20)8-14-6-7-16(10-17(14)19)21(2)11-13-4-3-5-15(18)9-13/h3-7,9-10,12H,8,11,20H2,1-2H3. The zero-order valence-electron chi connectivity index (χ0n) is 12.3. The molecule has 0 heterocycles. The van der Waals surface area contributed by atoms with Gasteiger partial charge in [-0.05, 0) is 48.7 Å². The van der Waals surface area contributed by atoms with Gasteiger partial charge in [0.05, 0.1) is 0 Å². The van der Waals surface area contributed by atoms with E-state index in [4.69, 9.17) is 28.9 Å². The zero-order valence-corrected chi connectivity index (χ0v) is 13.8. The van der Waals surface area contributed by atoms with Crippen LogP contribution in [0.4, 0.5) is 5.69 Å². The SMILES string of the molecule is CC(N)Cc1ccc(N(C)Cc2cccc(Cl)c2)cc1Cl. The Morgan fingerprint density at radius 3 is 2.52 bits per heavy atom. The molecule has 0 fully saturated rings. The van der Waals surface area contributed by atoms with Crippen molar-refractivity contribution in [1.82, 2.24) is 0 Å². The van der Waals surface area contributed by atoms with Gasteiger partial charge in [0.25, 0.3) is 0 Å². The van der Waals surface area contributed by atoms with Gasteiger partial charge in [-0.25, -0.2) is 0 Å². The average Bonchev–Trinajstić information content (AvgIpc) is 2.40. The molecule has 0 radical (unpaired) electrons. The van der Waals surface area contributed by atoms with Crippen molar-refractivity contribution in [1.29, 1.82) is 0 Å². The number of halogens is 2. The molecule has 2 nitrogen and oxygen atoms in total. The first-order valence-electron chi connectivity index (χ1n) is 6.95. The van der Waals surface area contributed by atoms with E-state index >= 15 is 0 Å². The Labute approximate surface area is 136 Å². The van der Waals surface area contributed by atoms with Crippen LogP contribution in [0.5, 0.6) is 0 Å². The first-order valence-corrected chi connectivity index (χ1v) is 7.71. The van der Waals surface area contributed by atoms with Crippen LogP contribution in [0.2, 0.25) is 10.0 Å². The van der Waals surface area contributed by atoms with Gasteiger partial charge in [0.15, 0.2) is 0 Å². The second kappa shape index (κ2) is 7.17. The summed E-state index contributed by atoms with van der Waals surface area (Å²) in [5.74, 6) is 0. The van der Waals surface area contributed by atoms with Crippen molar-refractivity contribution in [3.05, 3.63) is 63.6 Å². The number of benzene rings is 2. The van der Waals surface area contributed by atoms with Crippen molar-refractivity contribution in [3.8, 4) is 0 Å². The summed E-state index contributed by atoms with van der Waals surface area (Å²) in [6.45, 7) is 2.76. The normalized spacial score (nSPS) is 12.2. The molecular formula is C17H20Cl2N2. The Kier molecular flexibility index (Phi) is 5.51. The van der Waals surface area contributed by atoms with Crippen molar-refractivity contribution in [3.63, 3.8) is 0 Å². The fourth-order valence-electron chi connectivity index (χ4n) is 2.29. The van der Waals surface area contributed by atoms with Gasteiger partial charge in [0.1, 0.15) is 0 Å². The highest BCUT2D eigenvalue weighted by Crippen LogP contribution is 2.25. The van der Waals surface area contributed by atoms with Crippen molar-refractivity contribution < 1.29 is 0 Å². The second-order valence-corrected chi connectivity index (χ2v) is 6.29. The molecule has 2 rings (SSSR count). The molecule has 0 aliphatic heterocycles. The lowest BCUT2D eigenvalue weighted by molar-refractivity contribution is 0.738. The van der Waals surface area contributed by atoms with E-state index in [9.17, 15) is 0 Å².